The van der Waals surface area contributed by atoms with Gasteiger partial charge in [-0.25, -0.2) is 0 Å². The maximum atomic E-state index is 4.34. The summed E-state index contributed by atoms with van der Waals surface area (Å²) in [4.78, 5) is 0. The minimum Gasteiger partial charge on any atom is -0.308 e. The van der Waals surface area contributed by atoms with Crippen LogP contribution in [0.4, 0.5) is 0 Å². The summed E-state index contributed by atoms with van der Waals surface area (Å²) in [5, 5.41) is 19.8. The second-order valence-electron chi connectivity index (χ2n) is 4.46. The SMILES string of the molecule is CCCC1NCCn2c(-c3ccnnc3)nnc21. The highest BCUT2D eigenvalue weighted by atomic mass is 15.3. The Kier molecular flexibility index (Phi) is 3.02. The Morgan fingerprint density at radius 1 is 1.39 bits per heavy atom. The van der Waals surface area contributed by atoms with Crippen LogP contribution in [-0.2, 0) is 6.54 Å². The molecule has 2 aromatic heterocycles. The molecule has 0 saturated carbocycles. The van der Waals surface area contributed by atoms with Crippen molar-refractivity contribution in [2.75, 3.05) is 6.54 Å². The van der Waals surface area contributed by atoms with Crippen LogP contribution in [0.15, 0.2) is 18.5 Å². The lowest BCUT2D eigenvalue weighted by molar-refractivity contribution is 0.394. The summed E-state index contributed by atoms with van der Waals surface area (Å²) in [5.41, 5.74) is 0.973. The Morgan fingerprint density at radius 3 is 3.11 bits per heavy atom. The molecule has 6 heteroatoms. The third-order valence-electron chi connectivity index (χ3n) is 3.24. The zero-order chi connectivity index (χ0) is 12.4. The van der Waals surface area contributed by atoms with Crippen molar-refractivity contribution in [3.05, 3.63) is 24.3 Å². The average Bonchev–Trinajstić information content (AvgIpc) is 2.85. The fourth-order valence-electron chi connectivity index (χ4n) is 2.39. The van der Waals surface area contributed by atoms with E-state index in [2.05, 4.69) is 37.2 Å². The van der Waals surface area contributed by atoms with E-state index in [1.807, 2.05) is 6.07 Å². The van der Waals surface area contributed by atoms with Gasteiger partial charge in [-0.2, -0.15) is 10.2 Å². The van der Waals surface area contributed by atoms with Gasteiger partial charge in [0, 0.05) is 18.7 Å². The molecule has 2 aromatic rings. The van der Waals surface area contributed by atoms with Crippen LogP contribution in [0.2, 0.25) is 0 Å². The summed E-state index contributed by atoms with van der Waals surface area (Å²) in [7, 11) is 0. The predicted molar refractivity (Wildman–Crippen MR) is 66.7 cm³/mol. The highest BCUT2D eigenvalue weighted by molar-refractivity contribution is 5.53. The van der Waals surface area contributed by atoms with Gasteiger partial charge < -0.3 is 9.88 Å². The Balaban J connectivity index is 2.00. The van der Waals surface area contributed by atoms with Crippen LogP contribution in [0.5, 0.6) is 0 Å². The van der Waals surface area contributed by atoms with Gasteiger partial charge in [0.15, 0.2) is 11.6 Å². The third kappa shape index (κ3) is 1.88. The number of aromatic nitrogens is 5. The topological polar surface area (TPSA) is 68.5 Å². The lowest BCUT2D eigenvalue weighted by atomic mass is 10.1. The van der Waals surface area contributed by atoms with Crippen LogP contribution in [0.1, 0.15) is 31.6 Å². The number of nitrogens with zero attached hydrogens (tertiary/aromatic N) is 5. The van der Waals surface area contributed by atoms with E-state index in [0.29, 0.717) is 6.04 Å². The zero-order valence-electron chi connectivity index (χ0n) is 10.4. The molecule has 94 valence electrons. The first-order valence-electron chi connectivity index (χ1n) is 6.33. The van der Waals surface area contributed by atoms with Crippen molar-refractivity contribution < 1.29 is 0 Å². The molecular weight excluding hydrogens is 228 g/mol. The van der Waals surface area contributed by atoms with Crippen LogP contribution in [0.3, 0.4) is 0 Å². The molecule has 6 nitrogen and oxygen atoms in total. The molecular formula is C12H16N6. The van der Waals surface area contributed by atoms with Crippen molar-refractivity contribution in [1.29, 1.82) is 0 Å². The van der Waals surface area contributed by atoms with Crippen LogP contribution >= 0.6 is 0 Å². The second kappa shape index (κ2) is 4.81. The summed E-state index contributed by atoms with van der Waals surface area (Å²) in [6.07, 6.45) is 5.64. The second-order valence-corrected chi connectivity index (χ2v) is 4.46. The maximum Gasteiger partial charge on any atom is 0.165 e. The first-order valence-corrected chi connectivity index (χ1v) is 6.33. The largest absolute Gasteiger partial charge is 0.308 e. The van der Waals surface area contributed by atoms with E-state index < -0.39 is 0 Å². The van der Waals surface area contributed by atoms with E-state index in [0.717, 1.165) is 43.1 Å². The first-order chi connectivity index (χ1) is 8.90. The quantitative estimate of drug-likeness (QED) is 0.878. The monoisotopic (exact) mass is 244 g/mol. The molecule has 0 fully saturated rings. The number of rotatable bonds is 3. The lowest BCUT2D eigenvalue weighted by Gasteiger charge is -2.24. The third-order valence-corrected chi connectivity index (χ3v) is 3.24. The lowest BCUT2D eigenvalue weighted by Crippen LogP contribution is -2.33. The van der Waals surface area contributed by atoms with Crippen LogP contribution in [-0.4, -0.2) is 31.5 Å². The fourth-order valence-corrected chi connectivity index (χ4v) is 2.39. The van der Waals surface area contributed by atoms with Crippen molar-refractivity contribution in [2.45, 2.75) is 32.4 Å². The van der Waals surface area contributed by atoms with Gasteiger partial charge in [0.1, 0.15) is 0 Å². The summed E-state index contributed by atoms with van der Waals surface area (Å²) >= 11 is 0. The van der Waals surface area contributed by atoms with Gasteiger partial charge in [-0.05, 0) is 12.5 Å². The van der Waals surface area contributed by atoms with E-state index in [1.165, 1.54) is 0 Å². The molecule has 1 N–H and O–H groups in total. The molecule has 1 aliphatic rings. The van der Waals surface area contributed by atoms with Crippen LogP contribution in [0.25, 0.3) is 11.4 Å². The Bertz CT molecular complexity index is 521. The smallest absolute Gasteiger partial charge is 0.165 e. The van der Waals surface area contributed by atoms with E-state index >= 15 is 0 Å². The first kappa shape index (κ1) is 11.3. The standard InChI is InChI=1S/C12H16N6/c1-2-3-10-12-17-16-11(18(12)7-6-13-10)9-4-5-14-15-8-9/h4-5,8,10,13H,2-3,6-7H2,1H3. The maximum absolute atomic E-state index is 4.34. The Hall–Kier alpha value is -1.82. The molecule has 0 amide bonds. The van der Waals surface area contributed by atoms with Crippen LogP contribution < -0.4 is 5.32 Å². The van der Waals surface area contributed by atoms with E-state index in [4.69, 9.17) is 0 Å². The summed E-state index contributed by atoms with van der Waals surface area (Å²) in [5.74, 6) is 1.93. The summed E-state index contributed by atoms with van der Waals surface area (Å²) < 4.78 is 2.19. The van der Waals surface area contributed by atoms with E-state index in [1.54, 1.807) is 12.4 Å². The number of nitrogens with one attached hydrogen (secondary N) is 1. The molecule has 1 aliphatic heterocycles. The molecule has 18 heavy (non-hydrogen) atoms. The van der Waals surface area contributed by atoms with Crippen molar-refractivity contribution in [1.82, 2.24) is 30.3 Å². The van der Waals surface area contributed by atoms with E-state index in [9.17, 15) is 0 Å². The number of fused-ring (bicyclic) bond motifs is 1. The van der Waals surface area contributed by atoms with E-state index in [-0.39, 0.29) is 0 Å². The number of hydrogen-bond acceptors (Lipinski definition) is 5. The summed E-state index contributed by atoms with van der Waals surface area (Å²) in [6.45, 7) is 4.05. The molecule has 0 saturated heterocycles. The molecule has 0 radical (unpaired) electrons. The molecule has 0 aliphatic carbocycles. The van der Waals surface area contributed by atoms with Crippen LogP contribution in [0, 0.1) is 0 Å². The minimum atomic E-state index is 0.319. The van der Waals surface area contributed by atoms with Crippen molar-refractivity contribution >= 4 is 0 Å². The van der Waals surface area contributed by atoms with Gasteiger partial charge in [0.2, 0.25) is 0 Å². The zero-order valence-corrected chi connectivity index (χ0v) is 10.4. The van der Waals surface area contributed by atoms with Gasteiger partial charge in [0.05, 0.1) is 18.4 Å². The van der Waals surface area contributed by atoms with Gasteiger partial charge in [0.25, 0.3) is 0 Å². The molecule has 3 heterocycles. The molecule has 1 atom stereocenters. The Labute approximate surface area is 105 Å². The van der Waals surface area contributed by atoms with Crippen molar-refractivity contribution in [2.24, 2.45) is 0 Å². The Morgan fingerprint density at radius 2 is 2.33 bits per heavy atom. The molecule has 0 bridgehead atoms. The average molecular weight is 244 g/mol. The van der Waals surface area contributed by atoms with Crippen molar-refractivity contribution in [3.63, 3.8) is 0 Å². The minimum absolute atomic E-state index is 0.319. The predicted octanol–water partition coefficient (Wildman–Crippen LogP) is 1.18. The molecule has 0 aromatic carbocycles. The highest BCUT2D eigenvalue weighted by Gasteiger charge is 2.24. The van der Waals surface area contributed by atoms with Crippen molar-refractivity contribution in [3.8, 4) is 11.4 Å². The molecule has 1 unspecified atom stereocenters. The molecule has 0 spiro atoms. The number of hydrogen-bond donors (Lipinski definition) is 1. The summed E-state index contributed by atoms with van der Waals surface area (Å²) in [6, 6.07) is 2.24. The van der Waals surface area contributed by atoms with Gasteiger partial charge in [-0.15, -0.1) is 10.2 Å². The van der Waals surface area contributed by atoms with Gasteiger partial charge in [-0.3, -0.25) is 0 Å². The fraction of sp³-hybridized carbons (Fsp3) is 0.500. The van der Waals surface area contributed by atoms with Gasteiger partial charge in [-0.1, -0.05) is 13.3 Å². The van der Waals surface area contributed by atoms with Gasteiger partial charge >= 0.3 is 0 Å². The molecule has 3 rings (SSSR count). The highest BCUT2D eigenvalue weighted by Crippen LogP contribution is 2.25. The normalized spacial score (nSPS) is 18.6.